The van der Waals surface area contributed by atoms with Gasteiger partial charge in [0.2, 0.25) is 11.8 Å². The smallest absolute Gasteiger partial charge is 0.228 e. The zero-order valence-corrected chi connectivity index (χ0v) is 16.9. The Bertz CT molecular complexity index is 979. The highest BCUT2D eigenvalue weighted by atomic mass is 16.5. The summed E-state index contributed by atoms with van der Waals surface area (Å²) in [7, 11) is 1.69. The van der Waals surface area contributed by atoms with E-state index in [-0.39, 0.29) is 24.3 Å². The molecule has 1 aromatic carbocycles. The van der Waals surface area contributed by atoms with Gasteiger partial charge in [-0.25, -0.2) is 4.98 Å². The maximum atomic E-state index is 12.9. The van der Waals surface area contributed by atoms with Gasteiger partial charge in [0.05, 0.1) is 23.9 Å². The first-order chi connectivity index (χ1) is 14.0. The number of aryl methyl sites for hydroxylation is 2. The number of carbonyl (C=O) groups is 1. The van der Waals surface area contributed by atoms with Gasteiger partial charge in [0.1, 0.15) is 11.5 Å². The quantitative estimate of drug-likeness (QED) is 0.637. The largest absolute Gasteiger partial charge is 0.441 e. The molecule has 1 saturated heterocycles. The fourth-order valence-electron chi connectivity index (χ4n) is 3.83. The van der Waals surface area contributed by atoms with Gasteiger partial charge in [-0.1, -0.05) is 23.4 Å². The Morgan fingerprint density at radius 1 is 1.24 bits per heavy atom. The third-order valence-electron chi connectivity index (χ3n) is 5.41. The van der Waals surface area contributed by atoms with Crippen molar-refractivity contribution in [2.24, 2.45) is 5.92 Å². The Morgan fingerprint density at radius 3 is 2.72 bits per heavy atom. The van der Waals surface area contributed by atoms with E-state index >= 15 is 0 Å². The molecule has 3 aromatic rings. The second kappa shape index (κ2) is 8.21. The molecular formula is C22H25N3O4. The van der Waals surface area contributed by atoms with Crippen molar-refractivity contribution in [3.05, 3.63) is 59.3 Å². The lowest BCUT2D eigenvalue weighted by molar-refractivity contribution is -0.130. The maximum absolute atomic E-state index is 12.9. The average Bonchev–Trinajstić information content (AvgIpc) is 3.42. The van der Waals surface area contributed by atoms with Crippen molar-refractivity contribution in [3.8, 4) is 11.5 Å². The lowest BCUT2D eigenvalue weighted by Gasteiger charge is -2.15. The van der Waals surface area contributed by atoms with Crippen molar-refractivity contribution in [1.29, 1.82) is 0 Å². The summed E-state index contributed by atoms with van der Waals surface area (Å²) in [6.45, 7) is 4.93. The molecule has 1 fully saturated rings. The zero-order chi connectivity index (χ0) is 20.4. The lowest BCUT2D eigenvalue weighted by atomic mass is 10.0. The van der Waals surface area contributed by atoms with Gasteiger partial charge in [-0.2, -0.15) is 0 Å². The Morgan fingerprint density at radius 2 is 2.03 bits per heavy atom. The van der Waals surface area contributed by atoms with Crippen LogP contribution >= 0.6 is 0 Å². The van der Waals surface area contributed by atoms with Crippen LogP contribution in [0.15, 0.2) is 45.3 Å². The van der Waals surface area contributed by atoms with Crippen molar-refractivity contribution in [2.75, 3.05) is 20.2 Å². The van der Waals surface area contributed by atoms with Gasteiger partial charge in [-0.3, -0.25) is 4.79 Å². The number of ether oxygens (including phenoxy) is 1. The first-order valence-corrected chi connectivity index (χ1v) is 9.78. The maximum Gasteiger partial charge on any atom is 0.228 e. The Hall–Kier alpha value is -2.93. The fourth-order valence-corrected chi connectivity index (χ4v) is 3.83. The molecule has 0 radical (unpaired) electrons. The van der Waals surface area contributed by atoms with E-state index in [9.17, 15) is 4.79 Å². The van der Waals surface area contributed by atoms with Crippen molar-refractivity contribution in [3.63, 3.8) is 0 Å². The van der Waals surface area contributed by atoms with Crippen LogP contribution < -0.4 is 0 Å². The van der Waals surface area contributed by atoms with E-state index in [1.165, 1.54) is 0 Å². The molecule has 4 rings (SSSR count). The molecule has 1 amide bonds. The van der Waals surface area contributed by atoms with Crippen LogP contribution in [0, 0.1) is 19.8 Å². The summed E-state index contributed by atoms with van der Waals surface area (Å²) < 4.78 is 16.8. The van der Waals surface area contributed by atoms with E-state index < -0.39 is 0 Å². The van der Waals surface area contributed by atoms with Gasteiger partial charge in [0, 0.05) is 44.2 Å². The number of hydrogen-bond acceptors (Lipinski definition) is 6. The molecule has 1 aliphatic heterocycles. The first kappa shape index (κ1) is 19.4. The zero-order valence-electron chi connectivity index (χ0n) is 16.9. The molecule has 29 heavy (non-hydrogen) atoms. The van der Waals surface area contributed by atoms with E-state index in [4.69, 9.17) is 13.7 Å². The van der Waals surface area contributed by atoms with Gasteiger partial charge < -0.3 is 18.6 Å². The van der Waals surface area contributed by atoms with Crippen LogP contribution in [0.25, 0.3) is 11.5 Å². The summed E-state index contributed by atoms with van der Waals surface area (Å²) in [4.78, 5) is 19.3. The molecule has 152 valence electrons. The number of aromatic nitrogens is 2. The third-order valence-corrected chi connectivity index (χ3v) is 5.41. The molecule has 0 N–H and O–H groups in total. The minimum absolute atomic E-state index is 0.0253. The van der Waals surface area contributed by atoms with Crippen molar-refractivity contribution in [2.45, 2.75) is 32.8 Å². The average molecular weight is 395 g/mol. The van der Waals surface area contributed by atoms with Crippen molar-refractivity contribution in [1.82, 2.24) is 15.0 Å². The number of benzene rings is 1. The third kappa shape index (κ3) is 4.24. The number of hydrogen-bond donors (Lipinski definition) is 0. The molecule has 7 heteroatoms. The number of methoxy groups -OCH3 is 1. The van der Waals surface area contributed by atoms with Crippen LogP contribution in [-0.4, -0.2) is 47.3 Å². The highest BCUT2D eigenvalue weighted by Gasteiger charge is 2.36. The summed E-state index contributed by atoms with van der Waals surface area (Å²) in [6.07, 6.45) is 0.888. The number of likely N-dealkylation sites (tertiary alicyclic amines) is 1. The van der Waals surface area contributed by atoms with Crippen LogP contribution in [0.3, 0.4) is 0 Å². The van der Waals surface area contributed by atoms with E-state index in [1.54, 1.807) is 7.11 Å². The lowest BCUT2D eigenvalue weighted by Crippen LogP contribution is -2.31. The van der Waals surface area contributed by atoms with E-state index in [0.717, 1.165) is 17.0 Å². The summed E-state index contributed by atoms with van der Waals surface area (Å²) in [6, 6.07) is 11.6. The molecule has 1 aliphatic rings. The second-order valence-corrected chi connectivity index (χ2v) is 7.54. The second-order valence-electron chi connectivity index (χ2n) is 7.54. The predicted octanol–water partition coefficient (Wildman–Crippen LogP) is 3.21. The van der Waals surface area contributed by atoms with Crippen molar-refractivity contribution < 1.29 is 18.5 Å². The van der Waals surface area contributed by atoms with Crippen LogP contribution in [0.1, 0.15) is 22.9 Å². The molecule has 2 atom stereocenters. The standard InChI is InChI=1S/C22H25N3O4/c1-14-9-18(29-24-14)10-17-12-25(13-20(17)27-3)21(26)11-19-15(2)28-22(23-19)16-7-5-4-6-8-16/h4-9,17,20H,10-13H2,1-3H3/t17-,20+/m1/s1. The Balaban J connectivity index is 1.43. The van der Waals surface area contributed by atoms with Gasteiger partial charge >= 0.3 is 0 Å². The molecule has 0 aliphatic carbocycles. The summed E-state index contributed by atoms with van der Waals surface area (Å²) >= 11 is 0. The molecule has 0 unspecified atom stereocenters. The predicted molar refractivity (Wildman–Crippen MR) is 106 cm³/mol. The number of nitrogens with zero attached hydrogens (tertiary/aromatic N) is 3. The normalized spacial score (nSPS) is 19.1. The number of amides is 1. The topological polar surface area (TPSA) is 81.6 Å². The highest BCUT2D eigenvalue weighted by Crippen LogP contribution is 2.26. The summed E-state index contributed by atoms with van der Waals surface area (Å²) in [5.41, 5.74) is 2.44. The molecule has 7 nitrogen and oxygen atoms in total. The highest BCUT2D eigenvalue weighted by molar-refractivity contribution is 5.79. The fraction of sp³-hybridized carbons (Fsp3) is 0.409. The van der Waals surface area contributed by atoms with Crippen LogP contribution in [-0.2, 0) is 22.4 Å². The Kier molecular flexibility index (Phi) is 5.49. The Labute approximate surface area is 169 Å². The van der Waals surface area contributed by atoms with Crippen LogP contribution in [0.4, 0.5) is 0 Å². The van der Waals surface area contributed by atoms with Gasteiger partial charge in [0.25, 0.3) is 0 Å². The molecule has 0 saturated carbocycles. The minimum Gasteiger partial charge on any atom is -0.441 e. The van der Waals surface area contributed by atoms with Gasteiger partial charge in [-0.15, -0.1) is 0 Å². The monoisotopic (exact) mass is 395 g/mol. The van der Waals surface area contributed by atoms with Gasteiger partial charge in [-0.05, 0) is 26.0 Å². The van der Waals surface area contributed by atoms with E-state index in [1.807, 2.05) is 55.1 Å². The van der Waals surface area contributed by atoms with Crippen LogP contribution in [0.5, 0.6) is 0 Å². The number of oxazole rings is 1. The number of carbonyl (C=O) groups excluding carboxylic acids is 1. The molecule has 0 bridgehead atoms. The summed E-state index contributed by atoms with van der Waals surface area (Å²) in [5.74, 6) is 2.24. The minimum atomic E-state index is -0.0253. The summed E-state index contributed by atoms with van der Waals surface area (Å²) in [5, 5.41) is 3.94. The SMILES string of the molecule is CO[C@H]1CN(C(=O)Cc2nc(-c3ccccc3)oc2C)C[C@H]1Cc1cc(C)no1. The first-order valence-electron chi connectivity index (χ1n) is 9.78. The van der Waals surface area contributed by atoms with E-state index in [0.29, 0.717) is 36.9 Å². The number of rotatable bonds is 6. The van der Waals surface area contributed by atoms with Crippen LogP contribution in [0.2, 0.25) is 0 Å². The van der Waals surface area contributed by atoms with E-state index in [2.05, 4.69) is 10.1 Å². The molecule has 2 aromatic heterocycles. The molecular weight excluding hydrogens is 370 g/mol. The molecule has 0 spiro atoms. The van der Waals surface area contributed by atoms with Crippen molar-refractivity contribution >= 4 is 5.91 Å². The van der Waals surface area contributed by atoms with Gasteiger partial charge in [0.15, 0.2) is 0 Å². The molecule has 3 heterocycles.